The Morgan fingerprint density at radius 1 is 1.05 bits per heavy atom. The first-order chi connectivity index (χ1) is 19.8. The quantitative estimate of drug-likeness (QED) is 0.209. The number of benzene rings is 1. The lowest BCUT2D eigenvalue weighted by molar-refractivity contribution is -0.175. The molecule has 0 bridgehead atoms. The van der Waals surface area contributed by atoms with E-state index >= 15 is 0 Å². The Kier molecular flexibility index (Phi) is 14.4. The van der Waals surface area contributed by atoms with Crippen LogP contribution in [0.4, 0.5) is 13.2 Å². The number of ether oxygens (including phenoxy) is 1. The maximum Gasteiger partial charge on any atom is 0.471 e. The minimum Gasteiger partial charge on any atom is -0.381 e. The van der Waals surface area contributed by atoms with E-state index in [0.29, 0.717) is 24.2 Å². The van der Waals surface area contributed by atoms with Gasteiger partial charge in [0.25, 0.3) is 20.2 Å². The Bertz CT molecular complexity index is 1290. The molecule has 1 aromatic rings. The number of thioether (sulfide) groups is 2. The van der Waals surface area contributed by atoms with Gasteiger partial charge in [-0.15, -0.1) is 23.5 Å². The van der Waals surface area contributed by atoms with E-state index in [0.717, 1.165) is 18.2 Å². The van der Waals surface area contributed by atoms with Gasteiger partial charge < -0.3 is 10.1 Å². The molecule has 0 spiro atoms. The molecule has 43 heavy (non-hydrogen) atoms. The fourth-order valence-electron chi connectivity index (χ4n) is 4.75. The highest BCUT2D eigenvalue weighted by atomic mass is 32.2. The van der Waals surface area contributed by atoms with Crippen molar-refractivity contribution in [1.29, 1.82) is 0 Å². The predicted octanol–water partition coefficient (Wildman–Crippen LogP) is 4.40. The molecule has 1 fully saturated rings. The van der Waals surface area contributed by atoms with Gasteiger partial charge in [0.05, 0.1) is 29.2 Å². The topological polar surface area (TPSA) is 125 Å². The SMILES string of the molecule is CO[C@H](Cc1ccccc1)[C@@H](C)/C=C(\C)[C@@H](OS(C)(=O)=O)[C@@H](OS(C)(=O)=O)[C@@H](NC(=O)C(F)(F)F)[C@H](C)C1SCCCS1. The van der Waals surface area contributed by atoms with Crippen molar-refractivity contribution in [2.75, 3.05) is 31.1 Å². The lowest BCUT2D eigenvalue weighted by atomic mass is 9.89. The average molecular weight is 692 g/mol. The fourth-order valence-corrected chi connectivity index (χ4v) is 9.19. The summed E-state index contributed by atoms with van der Waals surface area (Å²) in [6, 6.07) is 7.83. The summed E-state index contributed by atoms with van der Waals surface area (Å²) in [6.07, 6.45) is -4.88. The summed E-state index contributed by atoms with van der Waals surface area (Å²) in [5.74, 6) is -2.08. The lowest BCUT2D eigenvalue weighted by Crippen LogP contribution is -2.58. The van der Waals surface area contributed by atoms with E-state index in [1.807, 2.05) is 35.6 Å². The number of hydrogen-bond donors (Lipinski definition) is 1. The number of alkyl halides is 3. The first-order valence-electron chi connectivity index (χ1n) is 13.4. The van der Waals surface area contributed by atoms with Crippen LogP contribution in [-0.4, -0.2) is 89.0 Å². The molecular formula is C27H40F3NO8S4. The molecule has 0 aliphatic carbocycles. The molecule has 6 atom stereocenters. The third-order valence-corrected chi connectivity index (χ3v) is 11.3. The highest BCUT2D eigenvalue weighted by Gasteiger charge is 2.47. The molecule has 1 aliphatic heterocycles. The van der Waals surface area contributed by atoms with Gasteiger partial charge in [-0.2, -0.15) is 30.0 Å². The molecule has 0 saturated carbocycles. The number of methoxy groups -OCH3 is 1. The number of halogens is 3. The Morgan fingerprint density at radius 3 is 2.09 bits per heavy atom. The maximum absolute atomic E-state index is 13.5. The van der Waals surface area contributed by atoms with E-state index in [2.05, 4.69) is 0 Å². The second kappa shape index (κ2) is 16.3. The standard InChI is InChI=1S/C27H40F3NO8S4/c1-17(21(37-4)16-20-11-8-7-9-12-20)15-18(2)23(38-42(5,33)34)24(39-43(6,35)36)22(31-26(32)27(28,29)30)19(3)25-40-13-10-14-41-25/h7-9,11-12,15,17,19,21-25H,10,13-14,16H2,1-6H3,(H,31,32)/b18-15+/t17-,19-,21+,22-,23+,24-/m0/s1. The third-order valence-electron chi connectivity index (χ3n) is 6.76. The molecule has 1 aliphatic rings. The van der Waals surface area contributed by atoms with Crippen LogP contribution in [0, 0.1) is 11.8 Å². The minimum absolute atomic E-state index is 0.170. The second-order valence-electron chi connectivity index (χ2n) is 10.5. The van der Waals surface area contributed by atoms with Gasteiger partial charge in [-0.05, 0) is 42.4 Å². The summed E-state index contributed by atoms with van der Waals surface area (Å²) in [4.78, 5) is 12.2. The van der Waals surface area contributed by atoms with Crippen molar-refractivity contribution in [3.63, 3.8) is 0 Å². The number of rotatable bonds is 15. The van der Waals surface area contributed by atoms with Crippen LogP contribution in [0.5, 0.6) is 0 Å². The van der Waals surface area contributed by atoms with Crippen molar-refractivity contribution in [1.82, 2.24) is 5.32 Å². The summed E-state index contributed by atoms with van der Waals surface area (Å²) in [6.45, 7) is 4.83. The molecule has 0 aromatic heterocycles. The van der Waals surface area contributed by atoms with Gasteiger partial charge >= 0.3 is 12.1 Å². The van der Waals surface area contributed by atoms with Gasteiger partial charge in [0.15, 0.2) is 0 Å². The van der Waals surface area contributed by atoms with Crippen molar-refractivity contribution in [2.24, 2.45) is 11.8 Å². The molecule has 16 heteroatoms. The summed E-state index contributed by atoms with van der Waals surface area (Å²) in [7, 11) is -7.20. The zero-order valence-electron chi connectivity index (χ0n) is 24.9. The van der Waals surface area contributed by atoms with Gasteiger partial charge in [0.1, 0.15) is 12.2 Å². The van der Waals surface area contributed by atoms with Gasteiger partial charge in [0.2, 0.25) is 0 Å². The van der Waals surface area contributed by atoms with E-state index < -0.39 is 62.6 Å². The van der Waals surface area contributed by atoms with Gasteiger partial charge in [-0.1, -0.05) is 50.3 Å². The predicted molar refractivity (Wildman–Crippen MR) is 164 cm³/mol. The second-order valence-corrected chi connectivity index (χ2v) is 16.5. The smallest absolute Gasteiger partial charge is 0.381 e. The molecule has 2 rings (SSSR count). The van der Waals surface area contributed by atoms with Gasteiger partial charge in [0, 0.05) is 18.9 Å². The number of amides is 1. The number of carbonyl (C=O) groups excluding carboxylic acids is 1. The van der Waals surface area contributed by atoms with Crippen LogP contribution in [0.25, 0.3) is 0 Å². The molecule has 1 heterocycles. The number of carbonyl (C=O) groups is 1. The van der Waals surface area contributed by atoms with Crippen molar-refractivity contribution in [3.8, 4) is 0 Å². The summed E-state index contributed by atoms with van der Waals surface area (Å²) in [5, 5.41) is 1.91. The Morgan fingerprint density at radius 2 is 1.60 bits per heavy atom. The van der Waals surface area contributed by atoms with Crippen LogP contribution in [0.3, 0.4) is 0 Å². The summed E-state index contributed by atoms with van der Waals surface area (Å²) >= 11 is 2.91. The van der Waals surface area contributed by atoms with E-state index in [4.69, 9.17) is 13.1 Å². The molecule has 246 valence electrons. The van der Waals surface area contributed by atoms with Crippen molar-refractivity contribution in [3.05, 3.63) is 47.5 Å². The van der Waals surface area contributed by atoms with E-state index in [-0.39, 0.29) is 16.1 Å². The monoisotopic (exact) mass is 691 g/mol. The van der Waals surface area contributed by atoms with Crippen LogP contribution >= 0.6 is 23.5 Å². The van der Waals surface area contributed by atoms with Gasteiger partial charge in [-0.25, -0.2) is 0 Å². The van der Waals surface area contributed by atoms with Crippen LogP contribution in [0.2, 0.25) is 0 Å². The molecule has 1 amide bonds. The number of nitrogens with one attached hydrogen (secondary N) is 1. The Hall–Kier alpha value is -1.30. The minimum atomic E-state index is -5.30. The van der Waals surface area contributed by atoms with Crippen LogP contribution in [0.15, 0.2) is 42.0 Å². The van der Waals surface area contributed by atoms with E-state index in [9.17, 15) is 34.8 Å². The molecule has 0 radical (unpaired) electrons. The number of hydrogen-bond acceptors (Lipinski definition) is 10. The van der Waals surface area contributed by atoms with Crippen LogP contribution in [-0.2, 0) is 44.6 Å². The van der Waals surface area contributed by atoms with Crippen molar-refractivity contribution in [2.45, 2.75) is 68.7 Å². The average Bonchev–Trinajstić information content (AvgIpc) is 2.91. The normalized spacial score (nSPS) is 20.1. The highest BCUT2D eigenvalue weighted by molar-refractivity contribution is 8.17. The molecule has 0 unspecified atom stereocenters. The largest absolute Gasteiger partial charge is 0.471 e. The first-order valence-corrected chi connectivity index (χ1v) is 19.2. The van der Waals surface area contributed by atoms with Crippen LogP contribution < -0.4 is 5.32 Å². The van der Waals surface area contributed by atoms with Crippen molar-refractivity contribution >= 4 is 49.7 Å². The molecule has 9 nitrogen and oxygen atoms in total. The van der Waals surface area contributed by atoms with E-state index in [1.165, 1.54) is 37.6 Å². The Labute approximate surface area is 261 Å². The molecule has 1 N–H and O–H groups in total. The maximum atomic E-state index is 13.5. The zero-order chi connectivity index (χ0) is 32.6. The molecule has 1 aromatic carbocycles. The van der Waals surface area contributed by atoms with Gasteiger partial charge in [-0.3, -0.25) is 13.2 Å². The first kappa shape index (κ1) is 37.9. The van der Waals surface area contributed by atoms with Crippen molar-refractivity contribution < 1.29 is 47.9 Å². The molecular weight excluding hydrogens is 652 g/mol. The van der Waals surface area contributed by atoms with E-state index in [1.54, 1.807) is 19.9 Å². The fraction of sp³-hybridized carbons (Fsp3) is 0.667. The van der Waals surface area contributed by atoms with Crippen LogP contribution in [0.1, 0.15) is 32.8 Å². The third kappa shape index (κ3) is 12.9. The zero-order valence-corrected chi connectivity index (χ0v) is 28.1. The lowest BCUT2D eigenvalue weighted by Gasteiger charge is -2.39. The summed E-state index contributed by atoms with van der Waals surface area (Å²) < 4.78 is 106. The Balaban J connectivity index is 2.63. The molecule has 1 saturated heterocycles. The highest BCUT2D eigenvalue weighted by Crippen LogP contribution is 2.39. The summed E-state index contributed by atoms with van der Waals surface area (Å²) in [5.41, 5.74) is 1.14.